The second-order valence-corrected chi connectivity index (χ2v) is 5.76. The highest BCUT2D eigenvalue weighted by Gasteiger charge is 2.31. The van der Waals surface area contributed by atoms with Gasteiger partial charge in [-0.25, -0.2) is 4.98 Å². The van der Waals surface area contributed by atoms with Gasteiger partial charge < -0.3 is 10.6 Å². The largest absolute Gasteiger partial charge is 0.384 e. The maximum absolute atomic E-state index is 7.69. The van der Waals surface area contributed by atoms with Crippen LogP contribution in [0.3, 0.4) is 0 Å². The summed E-state index contributed by atoms with van der Waals surface area (Å²) in [4.78, 5) is 8.04. The fourth-order valence-electron chi connectivity index (χ4n) is 2.17. The van der Waals surface area contributed by atoms with Crippen LogP contribution < -0.4 is 10.6 Å². The van der Waals surface area contributed by atoms with Crippen LogP contribution in [0.2, 0.25) is 0 Å². The molecule has 2 heterocycles. The summed E-state index contributed by atoms with van der Waals surface area (Å²) >= 11 is 1.75. The van der Waals surface area contributed by atoms with Gasteiger partial charge in [0.25, 0.3) is 0 Å². The third-order valence-corrected chi connectivity index (χ3v) is 4.10. The van der Waals surface area contributed by atoms with E-state index in [1.165, 1.54) is 17.7 Å². The van der Waals surface area contributed by atoms with Gasteiger partial charge in [0.05, 0.1) is 12.1 Å². The zero-order chi connectivity index (χ0) is 13.2. The molecule has 1 aliphatic rings. The van der Waals surface area contributed by atoms with Crippen molar-refractivity contribution in [3.05, 3.63) is 46.3 Å². The monoisotopic (exact) mass is 272 g/mol. The molecule has 0 radical (unpaired) electrons. The van der Waals surface area contributed by atoms with Gasteiger partial charge in [-0.15, -0.1) is 11.3 Å². The topological polar surface area (TPSA) is 66.0 Å². The molecule has 0 bridgehead atoms. The Hall–Kier alpha value is -1.88. The Morgan fingerprint density at radius 1 is 1.42 bits per heavy atom. The minimum Gasteiger partial charge on any atom is -0.384 e. The number of nitrogens with zero attached hydrogens (tertiary/aromatic N) is 2. The Morgan fingerprint density at radius 3 is 2.89 bits per heavy atom. The number of nitrogen functional groups attached to an aromatic ring is 1. The van der Waals surface area contributed by atoms with Crippen molar-refractivity contribution >= 4 is 23.0 Å². The van der Waals surface area contributed by atoms with Crippen LogP contribution in [0.1, 0.15) is 23.3 Å². The van der Waals surface area contributed by atoms with Crippen molar-refractivity contribution in [3.8, 4) is 0 Å². The van der Waals surface area contributed by atoms with Crippen LogP contribution in [0, 0.1) is 5.41 Å². The lowest BCUT2D eigenvalue weighted by Crippen LogP contribution is -2.28. The number of hydrogen-bond acceptors (Lipinski definition) is 4. The minimum atomic E-state index is 0.0833. The molecular weight excluding hydrogens is 256 g/mol. The fourth-order valence-corrected chi connectivity index (χ4v) is 2.87. The van der Waals surface area contributed by atoms with Gasteiger partial charge in [-0.3, -0.25) is 5.41 Å². The Balaban J connectivity index is 1.94. The smallest absolute Gasteiger partial charge is 0.140 e. The minimum absolute atomic E-state index is 0.0833. The Bertz CT molecular complexity index is 575. The summed E-state index contributed by atoms with van der Waals surface area (Å²) < 4.78 is 0. The predicted octanol–water partition coefficient (Wildman–Crippen LogP) is 2.60. The average molecular weight is 272 g/mol. The van der Waals surface area contributed by atoms with Gasteiger partial charge in [0.1, 0.15) is 11.7 Å². The SMILES string of the molecule is N=C(N)c1cccnc1N(Cc1cccs1)C1CC1. The first-order valence-corrected chi connectivity index (χ1v) is 7.22. The quantitative estimate of drug-likeness (QED) is 0.649. The third-order valence-electron chi connectivity index (χ3n) is 3.24. The van der Waals surface area contributed by atoms with Gasteiger partial charge >= 0.3 is 0 Å². The first kappa shape index (κ1) is 12.2. The van der Waals surface area contributed by atoms with Crippen molar-refractivity contribution in [1.82, 2.24) is 4.98 Å². The van der Waals surface area contributed by atoms with Crippen LogP contribution >= 0.6 is 11.3 Å². The molecule has 98 valence electrons. The number of nitrogens with one attached hydrogen (secondary N) is 1. The maximum atomic E-state index is 7.69. The van der Waals surface area contributed by atoms with Gasteiger partial charge in [-0.2, -0.15) is 0 Å². The first-order chi connectivity index (χ1) is 9.25. The van der Waals surface area contributed by atoms with Crippen molar-refractivity contribution in [2.24, 2.45) is 5.73 Å². The molecule has 3 rings (SSSR count). The predicted molar refractivity (Wildman–Crippen MR) is 78.8 cm³/mol. The average Bonchev–Trinajstić information content (AvgIpc) is 3.13. The highest BCUT2D eigenvalue weighted by molar-refractivity contribution is 7.09. The standard InChI is InChI=1S/C14H16N4S/c15-13(16)12-4-1-7-17-14(12)18(10-5-6-10)9-11-3-2-8-19-11/h1-4,7-8,10H,5-6,9H2,(H3,15,16). The summed E-state index contributed by atoms with van der Waals surface area (Å²) in [5.41, 5.74) is 6.39. The second-order valence-electron chi connectivity index (χ2n) is 4.73. The number of nitrogens with two attached hydrogens (primary N) is 1. The Kier molecular flexibility index (Phi) is 3.21. The lowest BCUT2D eigenvalue weighted by molar-refractivity contribution is 0.785. The van der Waals surface area contributed by atoms with Crippen molar-refractivity contribution in [3.63, 3.8) is 0 Å². The molecule has 0 amide bonds. The molecule has 0 aromatic carbocycles. The van der Waals surface area contributed by atoms with E-state index in [1.54, 1.807) is 17.5 Å². The van der Waals surface area contributed by atoms with E-state index in [2.05, 4.69) is 27.4 Å². The molecule has 4 nitrogen and oxygen atoms in total. The molecule has 0 atom stereocenters. The molecule has 1 saturated carbocycles. The van der Waals surface area contributed by atoms with Gasteiger partial charge in [-0.1, -0.05) is 6.07 Å². The van der Waals surface area contributed by atoms with E-state index in [9.17, 15) is 0 Å². The molecule has 0 unspecified atom stereocenters. The van der Waals surface area contributed by atoms with Gasteiger partial charge in [0.2, 0.25) is 0 Å². The van der Waals surface area contributed by atoms with Crippen molar-refractivity contribution in [2.45, 2.75) is 25.4 Å². The molecule has 0 spiro atoms. The van der Waals surface area contributed by atoms with E-state index in [0.29, 0.717) is 6.04 Å². The van der Waals surface area contributed by atoms with Crippen LogP contribution in [0.15, 0.2) is 35.8 Å². The number of amidine groups is 1. The second kappa shape index (κ2) is 5.01. The van der Waals surface area contributed by atoms with Crippen molar-refractivity contribution in [2.75, 3.05) is 4.90 Å². The third kappa shape index (κ3) is 2.61. The Morgan fingerprint density at radius 2 is 2.26 bits per heavy atom. The van der Waals surface area contributed by atoms with Gasteiger partial charge in [-0.05, 0) is 36.4 Å². The molecular formula is C14H16N4S. The summed E-state index contributed by atoms with van der Waals surface area (Å²) in [6, 6.07) is 8.44. The molecule has 19 heavy (non-hydrogen) atoms. The summed E-state index contributed by atoms with van der Waals surface area (Å²) in [5.74, 6) is 0.922. The number of rotatable bonds is 5. The summed E-state index contributed by atoms with van der Waals surface area (Å²) in [6.45, 7) is 0.847. The molecule has 1 fully saturated rings. The van der Waals surface area contributed by atoms with E-state index in [1.807, 2.05) is 12.1 Å². The maximum Gasteiger partial charge on any atom is 0.140 e. The van der Waals surface area contributed by atoms with E-state index in [0.717, 1.165) is 17.9 Å². The first-order valence-electron chi connectivity index (χ1n) is 6.34. The number of pyridine rings is 1. The molecule has 5 heteroatoms. The zero-order valence-electron chi connectivity index (χ0n) is 10.5. The zero-order valence-corrected chi connectivity index (χ0v) is 11.4. The van der Waals surface area contributed by atoms with Gasteiger partial charge in [0, 0.05) is 17.1 Å². The summed E-state index contributed by atoms with van der Waals surface area (Å²) in [7, 11) is 0. The number of hydrogen-bond donors (Lipinski definition) is 2. The van der Waals surface area contributed by atoms with E-state index >= 15 is 0 Å². The number of aromatic nitrogens is 1. The van der Waals surface area contributed by atoms with Crippen LogP contribution in [0.25, 0.3) is 0 Å². The fraction of sp³-hybridized carbons (Fsp3) is 0.286. The van der Waals surface area contributed by atoms with E-state index in [4.69, 9.17) is 11.1 Å². The van der Waals surface area contributed by atoms with Crippen LogP contribution in [-0.2, 0) is 6.54 Å². The number of thiophene rings is 1. The van der Waals surface area contributed by atoms with E-state index in [-0.39, 0.29) is 5.84 Å². The molecule has 3 N–H and O–H groups in total. The summed E-state index contributed by atoms with van der Waals surface area (Å²) in [5, 5.41) is 9.78. The molecule has 2 aromatic heterocycles. The number of anilines is 1. The lowest BCUT2D eigenvalue weighted by Gasteiger charge is -2.24. The highest BCUT2D eigenvalue weighted by atomic mass is 32.1. The van der Waals surface area contributed by atoms with Crippen LogP contribution in [0.4, 0.5) is 5.82 Å². The van der Waals surface area contributed by atoms with Gasteiger partial charge in [0.15, 0.2) is 0 Å². The molecule has 0 saturated heterocycles. The summed E-state index contributed by atoms with van der Waals surface area (Å²) in [6.07, 6.45) is 4.16. The molecule has 2 aromatic rings. The van der Waals surface area contributed by atoms with Crippen molar-refractivity contribution < 1.29 is 0 Å². The lowest BCUT2D eigenvalue weighted by atomic mass is 10.2. The highest BCUT2D eigenvalue weighted by Crippen LogP contribution is 2.34. The molecule has 1 aliphatic carbocycles. The van der Waals surface area contributed by atoms with E-state index < -0.39 is 0 Å². The molecule has 0 aliphatic heterocycles. The van der Waals surface area contributed by atoms with Crippen LogP contribution in [0.5, 0.6) is 0 Å². The van der Waals surface area contributed by atoms with Crippen LogP contribution in [-0.4, -0.2) is 16.9 Å². The van der Waals surface area contributed by atoms with Crippen molar-refractivity contribution in [1.29, 1.82) is 5.41 Å². The normalized spacial score (nSPS) is 14.3. The Labute approximate surface area is 116 Å².